The van der Waals surface area contributed by atoms with E-state index in [-0.39, 0.29) is 11.3 Å². The minimum absolute atomic E-state index is 0.0653. The molecule has 0 heterocycles. The SMILES string of the molecule is COc1ccc2c(Oc3ccc(C=O)cc3F)c(-c3ccccc3)c(C)cc2c1. The molecule has 0 aliphatic heterocycles. The van der Waals surface area contributed by atoms with Crippen LogP contribution in [0.3, 0.4) is 0 Å². The molecule has 4 heteroatoms. The molecule has 0 aliphatic rings. The van der Waals surface area contributed by atoms with Crippen molar-refractivity contribution in [2.75, 3.05) is 7.11 Å². The summed E-state index contributed by atoms with van der Waals surface area (Å²) in [6.07, 6.45) is 0.608. The molecule has 4 aromatic rings. The Kier molecular flexibility index (Phi) is 5.00. The largest absolute Gasteiger partial charge is 0.497 e. The Bertz CT molecular complexity index is 1200. The van der Waals surface area contributed by atoms with Crippen molar-refractivity contribution in [3.63, 3.8) is 0 Å². The van der Waals surface area contributed by atoms with Crippen molar-refractivity contribution in [3.8, 4) is 28.4 Å². The van der Waals surface area contributed by atoms with Crippen molar-refractivity contribution >= 4 is 17.1 Å². The number of carbonyl (C=O) groups excluding carboxylic acids is 1. The van der Waals surface area contributed by atoms with Crippen LogP contribution >= 0.6 is 0 Å². The van der Waals surface area contributed by atoms with E-state index >= 15 is 0 Å². The molecule has 0 bridgehead atoms. The van der Waals surface area contributed by atoms with Gasteiger partial charge in [0.25, 0.3) is 0 Å². The van der Waals surface area contributed by atoms with Gasteiger partial charge in [0.2, 0.25) is 0 Å². The molecule has 0 atom stereocenters. The summed E-state index contributed by atoms with van der Waals surface area (Å²) < 4.78 is 26.0. The smallest absolute Gasteiger partial charge is 0.166 e. The summed E-state index contributed by atoms with van der Waals surface area (Å²) in [6.45, 7) is 2.00. The van der Waals surface area contributed by atoms with Gasteiger partial charge >= 0.3 is 0 Å². The summed E-state index contributed by atoms with van der Waals surface area (Å²) in [5.74, 6) is 0.774. The van der Waals surface area contributed by atoms with Gasteiger partial charge in [0.05, 0.1) is 7.11 Å². The zero-order chi connectivity index (χ0) is 20.4. The lowest BCUT2D eigenvalue weighted by Gasteiger charge is -2.18. The van der Waals surface area contributed by atoms with Gasteiger partial charge in [0, 0.05) is 16.5 Å². The predicted molar refractivity (Wildman–Crippen MR) is 113 cm³/mol. The number of aryl methyl sites for hydroxylation is 1. The summed E-state index contributed by atoms with van der Waals surface area (Å²) in [5, 5.41) is 1.77. The fourth-order valence-electron chi connectivity index (χ4n) is 3.47. The number of methoxy groups -OCH3 is 1. The Morgan fingerprint density at radius 2 is 1.72 bits per heavy atom. The maximum absolute atomic E-state index is 14.6. The van der Waals surface area contributed by atoms with Crippen molar-refractivity contribution in [1.82, 2.24) is 0 Å². The van der Waals surface area contributed by atoms with Crippen molar-refractivity contribution in [1.29, 1.82) is 0 Å². The zero-order valence-corrected chi connectivity index (χ0v) is 16.1. The number of hydrogen-bond donors (Lipinski definition) is 0. The third-order valence-electron chi connectivity index (χ3n) is 4.86. The van der Waals surface area contributed by atoms with E-state index in [0.29, 0.717) is 12.0 Å². The second-order valence-corrected chi connectivity index (χ2v) is 6.76. The molecule has 0 aromatic heterocycles. The third kappa shape index (κ3) is 3.57. The van der Waals surface area contributed by atoms with E-state index in [1.807, 2.05) is 55.5 Å². The number of aldehydes is 1. The summed E-state index contributed by atoms with van der Waals surface area (Å²) in [6, 6.07) is 21.8. The van der Waals surface area contributed by atoms with Crippen molar-refractivity contribution in [2.24, 2.45) is 0 Å². The van der Waals surface area contributed by atoms with E-state index in [1.165, 1.54) is 18.2 Å². The van der Waals surface area contributed by atoms with Crippen LogP contribution in [0.4, 0.5) is 4.39 Å². The van der Waals surface area contributed by atoms with E-state index in [1.54, 1.807) is 7.11 Å². The van der Waals surface area contributed by atoms with Crippen LogP contribution in [0.1, 0.15) is 15.9 Å². The molecule has 0 N–H and O–H groups in total. The third-order valence-corrected chi connectivity index (χ3v) is 4.86. The highest BCUT2D eigenvalue weighted by Gasteiger charge is 2.17. The summed E-state index contributed by atoms with van der Waals surface area (Å²) in [4.78, 5) is 10.9. The lowest BCUT2D eigenvalue weighted by molar-refractivity contribution is 0.112. The standard InChI is InChI=1S/C25H19FO3/c1-16-12-19-14-20(28-2)9-10-21(19)25(24(16)18-6-4-3-5-7-18)29-23-11-8-17(15-27)13-22(23)26/h3-15H,1-2H3. The van der Waals surface area contributed by atoms with Gasteiger partial charge in [-0.1, -0.05) is 36.4 Å². The second-order valence-electron chi connectivity index (χ2n) is 6.76. The lowest BCUT2D eigenvalue weighted by atomic mass is 9.94. The van der Waals surface area contributed by atoms with E-state index in [9.17, 15) is 9.18 Å². The summed E-state index contributed by atoms with van der Waals surface area (Å²) in [7, 11) is 1.62. The molecule has 0 saturated heterocycles. The van der Waals surface area contributed by atoms with E-state index in [2.05, 4.69) is 6.07 Å². The molecule has 0 amide bonds. The number of rotatable bonds is 5. The van der Waals surface area contributed by atoms with Crippen LogP contribution in [0.5, 0.6) is 17.2 Å². The predicted octanol–water partition coefficient (Wildman–Crippen LogP) is 6.57. The Morgan fingerprint density at radius 3 is 2.41 bits per heavy atom. The number of hydrogen-bond acceptors (Lipinski definition) is 3. The molecular weight excluding hydrogens is 367 g/mol. The van der Waals surface area contributed by atoms with Crippen LogP contribution < -0.4 is 9.47 Å². The molecule has 0 radical (unpaired) electrons. The molecule has 0 fully saturated rings. The van der Waals surface area contributed by atoms with Crippen LogP contribution in [0.2, 0.25) is 0 Å². The molecule has 0 spiro atoms. The summed E-state index contributed by atoms with van der Waals surface area (Å²) >= 11 is 0. The minimum atomic E-state index is -0.586. The number of halogens is 1. The highest BCUT2D eigenvalue weighted by atomic mass is 19.1. The molecule has 29 heavy (non-hydrogen) atoms. The number of carbonyl (C=O) groups is 1. The lowest BCUT2D eigenvalue weighted by Crippen LogP contribution is -1.96. The Hall–Kier alpha value is -3.66. The molecule has 4 rings (SSSR count). The van der Waals surface area contributed by atoms with Crippen molar-refractivity contribution < 1.29 is 18.7 Å². The van der Waals surface area contributed by atoms with Gasteiger partial charge < -0.3 is 9.47 Å². The maximum atomic E-state index is 14.6. The van der Waals surface area contributed by atoms with Crippen LogP contribution in [0, 0.1) is 12.7 Å². The van der Waals surface area contributed by atoms with Crippen molar-refractivity contribution in [3.05, 3.63) is 89.7 Å². The monoisotopic (exact) mass is 386 g/mol. The quantitative estimate of drug-likeness (QED) is 0.364. The normalized spacial score (nSPS) is 10.7. The molecule has 144 valence electrons. The van der Waals surface area contributed by atoms with E-state index in [4.69, 9.17) is 9.47 Å². The van der Waals surface area contributed by atoms with Crippen LogP contribution in [-0.2, 0) is 0 Å². The maximum Gasteiger partial charge on any atom is 0.166 e. The Labute approximate surface area is 168 Å². The number of benzene rings is 4. The fourth-order valence-corrected chi connectivity index (χ4v) is 3.47. The van der Waals surface area contributed by atoms with Gasteiger partial charge in [-0.2, -0.15) is 0 Å². The van der Waals surface area contributed by atoms with Crippen LogP contribution in [0.25, 0.3) is 21.9 Å². The first kappa shape index (κ1) is 18.7. The van der Waals surface area contributed by atoms with Gasteiger partial charge in [-0.25, -0.2) is 4.39 Å². The molecule has 0 aliphatic carbocycles. The molecule has 4 aromatic carbocycles. The van der Waals surface area contributed by atoms with Gasteiger partial charge in [0.1, 0.15) is 17.8 Å². The number of ether oxygens (including phenoxy) is 2. The summed E-state index contributed by atoms with van der Waals surface area (Å²) in [5.41, 5.74) is 3.12. The topological polar surface area (TPSA) is 35.5 Å². The average molecular weight is 386 g/mol. The average Bonchev–Trinajstić information content (AvgIpc) is 2.75. The van der Waals surface area contributed by atoms with Gasteiger partial charge in [-0.3, -0.25) is 4.79 Å². The van der Waals surface area contributed by atoms with Crippen LogP contribution in [0.15, 0.2) is 72.8 Å². The fraction of sp³-hybridized carbons (Fsp3) is 0.0800. The molecule has 0 saturated carbocycles. The van der Waals surface area contributed by atoms with Crippen molar-refractivity contribution in [2.45, 2.75) is 6.92 Å². The van der Waals surface area contributed by atoms with Gasteiger partial charge in [0.15, 0.2) is 11.6 Å². The minimum Gasteiger partial charge on any atom is -0.497 e. The molecular formula is C25H19FO3. The highest BCUT2D eigenvalue weighted by Crippen LogP contribution is 2.43. The zero-order valence-electron chi connectivity index (χ0n) is 16.1. The Morgan fingerprint density at radius 1 is 0.931 bits per heavy atom. The van der Waals surface area contributed by atoms with E-state index < -0.39 is 5.82 Å². The van der Waals surface area contributed by atoms with Gasteiger partial charge in [-0.05, 0) is 59.8 Å². The molecule has 3 nitrogen and oxygen atoms in total. The van der Waals surface area contributed by atoms with E-state index in [0.717, 1.165) is 33.2 Å². The van der Waals surface area contributed by atoms with Crippen LogP contribution in [-0.4, -0.2) is 13.4 Å². The second kappa shape index (κ2) is 7.76. The first-order chi connectivity index (χ1) is 14.1. The number of fused-ring (bicyclic) bond motifs is 1. The highest BCUT2D eigenvalue weighted by molar-refractivity contribution is 5.97. The first-order valence-electron chi connectivity index (χ1n) is 9.20. The molecule has 0 unspecified atom stereocenters. The van der Waals surface area contributed by atoms with Gasteiger partial charge in [-0.15, -0.1) is 0 Å². The first-order valence-corrected chi connectivity index (χ1v) is 9.20. The Balaban J connectivity index is 1.97.